The van der Waals surface area contributed by atoms with Crippen LogP contribution in [0.5, 0.6) is 0 Å². The largest absolute Gasteiger partial charge is 0.354 e. The standard InChI is InChI=1S/C38H13F15N4.C2H6/c1-9-8-16-10-2-3-11(54-10)17(20-23(39)29(45)35(51)30(46)24(20)40)12-4-5-13(55-12)18(21-25(41)31(47)36(52)32(48)26(21)42)14-6-7-15(56-14)19(38(9)57-16)22-27(43)33(49)37(53)34(50)28(22)44;1-2/h2-8,54-55,57H,1H3;1-2H3. The predicted octanol–water partition coefficient (Wildman–Crippen LogP) is 13.1. The van der Waals surface area contributed by atoms with Crippen molar-refractivity contribution < 1.29 is 65.9 Å². The zero-order valence-corrected chi connectivity index (χ0v) is 29.7. The van der Waals surface area contributed by atoms with Crippen molar-refractivity contribution in [1.29, 1.82) is 0 Å². The van der Waals surface area contributed by atoms with Crippen LogP contribution in [0.3, 0.4) is 0 Å². The molecule has 1 aliphatic rings. The Morgan fingerprint density at radius 2 is 0.644 bits per heavy atom. The molecular formula is C40H19F15N4. The number of halogens is 15. The number of nitrogens with zero attached hydrogens (tertiary/aromatic N) is 1. The molecule has 304 valence electrons. The van der Waals surface area contributed by atoms with Crippen molar-refractivity contribution in [2.24, 2.45) is 0 Å². The van der Waals surface area contributed by atoms with Crippen molar-refractivity contribution in [1.82, 2.24) is 19.9 Å². The molecule has 0 fully saturated rings. The molecule has 8 bridgehead atoms. The highest BCUT2D eigenvalue weighted by molar-refractivity contribution is 6.00. The maximum atomic E-state index is 15.6. The van der Waals surface area contributed by atoms with Gasteiger partial charge in [0.05, 0.1) is 44.6 Å². The van der Waals surface area contributed by atoms with Gasteiger partial charge in [-0.25, -0.2) is 70.8 Å². The Hall–Kier alpha value is -6.66. The number of hydrogen-bond donors (Lipinski definition) is 3. The van der Waals surface area contributed by atoms with Crippen LogP contribution in [0.15, 0.2) is 30.3 Å². The van der Waals surface area contributed by atoms with Crippen LogP contribution in [0.25, 0.3) is 78.6 Å². The summed E-state index contributed by atoms with van der Waals surface area (Å²) in [6, 6.07) is 5.24. The molecule has 0 saturated carbocycles. The number of rotatable bonds is 3. The van der Waals surface area contributed by atoms with Crippen LogP contribution < -0.4 is 0 Å². The van der Waals surface area contributed by atoms with Gasteiger partial charge in [-0.2, -0.15) is 0 Å². The van der Waals surface area contributed by atoms with Gasteiger partial charge in [-0.05, 0) is 55.0 Å². The monoisotopic (exact) mass is 840 g/mol. The van der Waals surface area contributed by atoms with Gasteiger partial charge in [-0.3, -0.25) is 0 Å². The Kier molecular flexibility index (Phi) is 10.0. The minimum Gasteiger partial charge on any atom is -0.354 e. The Morgan fingerprint density at radius 3 is 1.07 bits per heavy atom. The molecule has 0 spiro atoms. The van der Waals surface area contributed by atoms with Crippen molar-refractivity contribution >= 4 is 45.3 Å². The number of H-pyrrole nitrogens is 3. The number of aromatic nitrogens is 4. The summed E-state index contributed by atoms with van der Waals surface area (Å²) in [5.74, 6) is -36.5. The van der Waals surface area contributed by atoms with E-state index < -0.39 is 154 Å². The summed E-state index contributed by atoms with van der Waals surface area (Å²) in [5, 5.41) is 0. The lowest BCUT2D eigenvalue weighted by atomic mass is 10.00. The molecule has 0 unspecified atom stereocenters. The Bertz CT molecular complexity index is 3020. The molecule has 4 aromatic heterocycles. The van der Waals surface area contributed by atoms with Gasteiger partial charge in [0, 0.05) is 33.2 Å². The van der Waals surface area contributed by atoms with Crippen LogP contribution in [-0.4, -0.2) is 19.9 Å². The van der Waals surface area contributed by atoms with E-state index in [1.165, 1.54) is 19.1 Å². The first-order valence-corrected chi connectivity index (χ1v) is 16.8. The van der Waals surface area contributed by atoms with Gasteiger partial charge in [-0.1, -0.05) is 13.8 Å². The predicted molar refractivity (Wildman–Crippen MR) is 187 cm³/mol. The summed E-state index contributed by atoms with van der Waals surface area (Å²) < 4.78 is 224. The van der Waals surface area contributed by atoms with E-state index in [1.54, 1.807) is 0 Å². The molecule has 0 radical (unpaired) electrons. The second kappa shape index (κ2) is 14.6. The third-order valence-corrected chi connectivity index (χ3v) is 9.27. The van der Waals surface area contributed by atoms with Crippen LogP contribution in [0.1, 0.15) is 30.8 Å². The van der Waals surface area contributed by atoms with Gasteiger partial charge < -0.3 is 15.0 Å². The van der Waals surface area contributed by atoms with Gasteiger partial charge in [0.15, 0.2) is 69.8 Å². The SMILES string of the molecule is CC.Cc1cc2[nH]c1c(-c1c(F)c(F)c(F)c(F)c1F)c1nc(c(-c3c(F)c(F)c(F)c(F)c3F)c3ccc([nH]3)c(-c3c(F)c(F)c(F)c(F)c3F)c3ccc2[nH]3)C=C1. The lowest BCUT2D eigenvalue weighted by Crippen LogP contribution is -2.06. The second-order valence-corrected chi connectivity index (χ2v) is 12.5. The summed E-state index contributed by atoms with van der Waals surface area (Å²) in [5.41, 5.74) is -11.3. The minimum absolute atomic E-state index is 0.00294. The quantitative estimate of drug-likeness (QED) is 0.0926. The van der Waals surface area contributed by atoms with E-state index in [0.29, 0.717) is 0 Å². The van der Waals surface area contributed by atoms with E-state index in [9.17, 15) is 39.5 Å². The normalized spacial score (nSPS) is 11.8. The number of fused-ring (bicyclic) bond motifs is 9. The van der Waals surface area contributed by atoms with Crippen molar-refractivity contribution in [2.75, 3.05) is 0 Å². The fraction of sp³-hybridized carbons (Fsp3) is 0.0750. The number of nitrogens with one attached hydrogen (secondary N) is 3. The number of aromatic amines is 3. The van der Waals surface area contributed by atoms with Gasteiger partial charge in [0.1, 0.15) is 0 Å². The summed E-state index contributed by atoms with van der Waals surface area (Å²) in [7, 11) is 0. The van der Waals surface area contributed by atoms with E-state index >= 15 is 26.3 Å². The lowest BCUT2D eigenvalue weighted by molar-refractivity contribution is 0.381. The Morgan fingerprint density at radius 1 is 0.339 bits per heavy atom. The summed E-state index contributed by atoms with van der Waals surface area (Å²) in [4.78, 5) is 11.9. The van der Waals surface area contributed by atoms with Crippen LogP contribution >= 0.6 is 0 Å². The third kappa shape index (κ3) is 6.00. The zero-order valence-electron chi connectivity index (χ0n) is 29.7. The first-order chi connectivity index (χ1) is 27.9. The van der Waals surface area contributed by atoms with Crippen molar-refractivity contribution in [2.45, 2.75) is 20.8 Å². The van der Waals surface area contributed by atoms with Gasteiger partial charge in [-0.15, -0.1) is 0 Å². The number of aryl methyl sites for hydroxylation is 1. The fourth-order valence-corrected chi connectivity index (χ4v) is 6.66. The summed E-state index contributed by atoms with van der Waals surface area (Å²) in [6.07, 6.45) is 1.66. The average molecular weight is 841 g/mol. The maximum absolute atomic E-state index is 15.6. The van der Waals surface area contributed by atoms with Gasteiger partial charge in [0.2, 0.25) is 17.5 Å². The zero-order chi connectivity index (χ0) is 43.1. The molecule has 0 aliphatic carbocycles. The second-order valence-electron chi connectivity index (χ2n) is 12.5. The molecule has 1 aliphatic heterocycles. The van der Waals surface area contributed by atoms with E-state index in [4.69, 9.17) is 0 Å². The average Bonchev–Trinajstić information content (AvgIpc) is 4.07. The molecule has 0 amide bonds. The molecule has 19 heteroatoms. The van der Waals surface area contributed by atoms with Crippen molar-refractivity contribution in [3.05, 3.63) is 135 Å². The van der Waals surface area contributed by atoms with Crippen LogP contribution in [-0.2, 0) is 0 Å². The van der Waals surface area contributed by atoms with Gasteiger partial charge in [0.25, 0.3) is 0 Å². The smallest absolute Gasteiger partial charge is 0.200 e. The fourth-order valence-electron chi connectivity index (χ4n) is 6.66. The third-order valence-electron chi connectivity index (χ3n) is 9.27. The topological polar surface area (TPSA) is 60.3 Å². The molecular weight excluding hydrogens is 821 g/mol. The molecule has 3 aromatic carbocycles. The lowest BCUT2D eigenvalue weighted by Gasteiger charge is -2.11. The minimum atomic E-state index is -2.60. The van der Waals surface area contributed by atoms with E-state index in [2.05, 4.69) is 19.9 Å². The van der Waals surface area contributed by atoms with E-state index in [-0.39, 0.29) is 16.6 Å². The van der Waals surface area contributed by atoms with Crippen LogP contribution in [0.4, 0.5) is 65.9 Å². The van der Waals surface area contributed by atoms with E-state index in [1.807, 2.05) is 13.8 Å². The van der Waals surface area contributed by atoms with E-state index in [0.717, 1.165) is 30.4 Å². The Labute approximate surface area is 319 Å². The molecule has 0 atom stereocenters. The first-order valence-electron chi connectivity index (χ1n) is 16.8. The molecule has 7 aromatic rings. The number of hydrogen-bond acceptors (Lipinski definition) is 1. The highest BCUT2D eigenvalue weighted by atomic mass is 19.2. The van der Waals surface area contributed by atoms with Crippen LogP contribution in [0, 0.1) is 94.2 Å². The molecule has 0 saturated heterocycles. The van der Waals surface area contributed by atoms with Crippen LogP contribution in [0.2, 0.25) is 0 Å². The molecule has 8 rings (SSSR count). The van der Waals surface area contributed by atoms with Gasteiger partial charge >= 0.3 is 0 Å². The maximum Gasteiger partial charge on any atom is 0.200 e. The summed E-state index contributed by atoms with van der Waals surface area (Å²) in [6.45, 7) is 5.29. The van der Waals surface area contributed by atoms with Crippen molar-refractivity contribution in [3.63, 3.8) is 0 Å². The number of benzene rings is 3. The molecule has 5 heterocycles. The Balaban J connectivity index is 0.00000260. The summed E-state index contributed by atoms with van der Waals surface area (Å²) >= 11 is 0. The molecule has 3 N–H and O–H groups in total. The molecule has 4 nitrogen and oxygen atoms in total. The highest BCUT2D eigenvalue weighted by Gasteiger charge is 2.33. The highest BCUT2D eigenvalue weighted by Crippen LogP contribution is 2.43. The first kappa shape index (κ1) is 40.5. The molecule has 59 heavy (non-hydrogen) atoms. The van der Waals surface area contributed by atoms with Crippen molar-refractivity contribution in [3.8, 4) is 33.4 Å².